The molecule has 2 rings (SSSR count). The lowest BCUT2D eigenvalue weighted by Crippen LogP contribution is -2.39. The summed E-state index contributed by atoms with van der Waals surface area (Å²) in [6, 6.07) is 0. The standard InChI is InChI=1S/C10H12N4O2/c11-3-6-4-13-8(5-12-6)7-1-2-9(15)14-10(7)16/h4-5,7H,1-3,11H2,(H,14,15,16). The maximum absolute atomic E-state index is 11.5. The van der Waals surface area contributed by atoms with Gasteiger partial charge in [-0.05, 0) is 6.42 Å². The Hall–Kier alpha value is -1.82. The van der Waals surface area contributed by atoms with Crippen molar-refractivity contribution in [3.05, 3.63) is 23.8 Å². The van der Waals surface area contributed by atoms with Gasteiger partial charge in [0.15, 0.2) is 0 Å². The summed E-state index contributed by atoms with van der Waals surface area (Å²) in [5, 5.41) is 2.29. The van der Waals surface area contributed by atoms with Crippen LogP contribution in [0.4, 0.5) is 0 Å². The van der Waals surface area contributed by atoms with Gasteiger partial charge in [0.2, 0.25) is 11.8 Å². The molecule has 6 nitrogen and oxygen atoms in total. The fourth-order valence-electron chi connectivity index (χ4n) is 1.63. The van der Waals surface area contributed by atoms with Crippen molar-refractivity contribution in [3.63, 3.8) is 0 Å². The molecule has 1 fully saturated rings. The van der Waals surface area contributed by atoms with Gasteiger partial charge in [0.05, 0.1) is 23.5 Å². The molecule has 2 heterocycles. The SMILES string of the molecule is NCc1cnc(C2CCC(=O)NC2=O)cn1. The van der Waals surface area contributed by atoms with E-state index in [1.165, 1.54) is 0 Å². The Morgan fingerprint density at radius 1 is 1.38 bits per heavy atom. The monoisotopic (exact) mass is 220 g/mol. The quantitative estimate of drug-likeness (QED) is 0.652. The van der Waals surface area contributed by atoms with Gasteiger partial charge in [-0.25, -0.2) is 0 Å². The van der Waals surface area contributed by atoms with Crippen molar-refractivity contribution in [2.45, 2.75) is 25.3 Å². The Morgan fingerprint density at radius 3 is 2.75 bits per heavy atom. The van der Waals surface area contributed by atoms with E-state index in [2.05, 4.69) is 15.3 Å². The molecule has 1 aromatic heterocycles. The van der Waals surface area contributed by atoms with Crippen molar-refractivity contribution < 1.29 is 9.59 Å². The number of amides is 2. The average Bonchev–Trinajstić information content (AvgIpc) is 2.29. The predicted octanol–water partition coefficient (Wildman–Crippen LogP) is -0.544. The van der Waals surface area contributed by atoms with E-state index >= 15 is 0 Å². The molecular weight excluding hydrogens is 208 g/mol. The predicted molar refractivity (Wildman–Crippen MR) is 55.0 cm³/mol. The first kappa shape index (κ1) is 10.7. The molecule has 0 radical (unpaired) electrons. The van der Waals surface area contributed by atoms with Crippen LogP contribution in [0.5, 0.6) is 0 Å². The number of carbonyl (C=O) groups is 2. The summed E-state index contributed by atoms with van der Waals surface area (Å²) in [4.78, 5) is 30.7. The summed E-state index contributed by atoms with van der Waals surface area (Å²) in [5.74, 6) is -0.907. The average molecular weight is 220 g/mol. The third-order valence-corrected chi connectivity index (χ3v) is 2.53. The zero-order valence-corrected chi connectivity index (χ0v) is 8.64. The van der Waals surface area contributed by atoms with E-state index < -0.39 is 0 Å². The van der Waals surface area contributed by atoms with Crippen molar-refractivity contribution in [1.29, 1.82) is 0 Å². The number of rotatable bonds is 2. The van der Waals surface area contributed by atoms with Crippen molar-refractivity contribution in [2.75, 3.05) is 0 Å². The molecule has 16 heavy (non-hydrogen) atoms. The van der Waals surface area contributed by atoms with E-state index in [4.69, 9.17) is 5.73 Å². The summed E-state index contributed by atoms with van der Waals surface area (Å²) in [7, 11) is 0. The second kappa shape index (κ2) is 4.36. The van der Waals surface area contributed by atoms with Gasteiger partial charge in [-0.2, -0.15) is 0 Å². The minimum Gasteiger partial charge on any atom is -0.325 e. The highest BCUT2D eigenvalue weighted by molar-refractivity contribution is 6.00. The molecule has 84 valence electrons. The van der Waals surface area contributed by atoms with Gasteiger partial charge >= 0.3 is 0 Å². The van der Waals surface area contributed by atoms with Crippen molar-refractivity contribution in [3.8, 4) is 0 Å². The molecule has 0 saturated carbocycles. The van der Waals surface area contributed by atoms with E-state index in [0.717, 1.165) is 0 Å². The summed E-state index contributed by atoms with van der Waals surface area (Å²) in [6.45, 7) is 0.322. The largest absolute Gasteiger partial charge is 0.325 e. The Bertz CT molecular complexity index is 415. The van der Waals surface area contributed by atoms with Crippen LogP contribution in [-0.4, -0.2) is 21.8 Å². The Kier molecular flexibility index (Phi) is 2.91. The van der Waals surface area contributed by atoms with Crippen molar-refractivity contribution in [2.24, 2.45) is 5.73 Å². The van der Waals surface area contributed by atoms with Crippen LogP contribution in [0.2, 0.25) is 0 Å². The number of hydrogen-bond donors (Lipinski definition) is 2. The van der Waals surface area contributed by atoms with Crippen LogP contribution in [0.1, 0.15) is 30.1 Å². The van der Waals surface area contributed by atoms with Crippen LogP contribution in [0.15, 0.2) is 12.4 Å². The zero-order chi connectivity index (χ0) is 11.5. The third kappa shape index (κ3) is 2.06. The highest BCUT2D eigenvalue weighted by Gasteiger charge is 2.28. The Labute approximate surface area is 92.3 Å². The third-order valence-electron chi connectivity index (χ3n) is 2.53. The van der Waals surface area contributed by atoms with Crippen LogP contribution < -0.4 is 11.1 Å². The van der Waals surface area contributed by atoms with Crippen LogP contribution in [0.25, 0.3) is 0 Å². The number of nitrogens with two attached hydrogens (primary N) is 1. The first-order chi connectivity index (χ1) is 7.70. The highest BCUT2D eigenvalue weighted by Crippen LogP contribution is 2.22. The number of aromatic nitrogens is 2. The lowest BCUT2D eigenvalue weighted by molar-refractivity contribution is -0.134. The molecule has 1 atom stereocenters. The van der Waals surface area contributed by atoms with E-state index in [1.54, 1.807) is 12.4 Å². The molecular formula is C10H12N4O2. The molecule has 1 aliphatic heterocycles. The molecule has 1 saturated heterocycles. The Morgan fingerprint density at radius 2 is 2.19 bits per heavy atom. The van der Waals surface area contributed by atoms with Crippen LogP contribution in [0, 0.1) is 0 Å². The molecule has 6 heteroatoms. The van der Waals surface area contributed by atoms with Gasteiger partial charge in [-0.3, -0.25) is 24.9 Å². The van der Waals surface area contributed by atoms with Gasteiger partial charge < -0.3 is 5.73 Å². The summed E-state index contributed by atoms with van der Waals surface area (Å²) in [5.41, 5.74) is 6.66. The van der Waals surface area contributed by atoms with Gasteiger partial charge in [-0.15, -0.1) is 0 Å². The summed E-state index contributed by atoms with van der Waals surface area (Å²) >= 11 is 0. The van der Waals surface area contributed by atoms with E-state index in [-0.39, 0.29) is 17.7 Å². The lowest BCUT2D eigenvalue weighted by atomic mass is 9.95. The first-order valence-corrected chi connectivity index (χ1v) is 5.05. The molecule has 0 aliphatic carbocycles. The maximum atomic E-state index is 11.5. The molecule has 1 aliphatic rings. The van der Waals surface area contributed by atoms with E-state index in [0.29, 0.717) is 30.8 Å². The number of nitrogens with one attached hydrogen (secondary N) is 1. The fourth-order valence-corrected chi connectivity index (χ4v) is 1.63. The smallest absolute Gasteiger partial charge is 0.235 e. The maximum Gasteiger partial charge on any atom is 0.235 e. The topological polar surface area (TPSA) is 98.0 Å². The van der Waals surface area contributed by atoms with Crippen molar-refractivity contribution >= 4 is 11.8 Å². The van der Waals surface area contributed by atoms with Crippen LogP contribution in [-0.2, 0) is 16.1 Å². The molecule has 0 aromatic carbocycles. The summed E-state index contributed by atoms with van der Waals surface area (Å²) < 4.78 is 0. The van der Waals surface area contributed by atoms with E-state index in [1.807, 2.05) is 0 Å². The highest BCUT2D eigenvalue weighted by atomic mass is 16.2. The normalized spacial score (nSPS) is 20.7. The molecule has 0 spiro atoms. The van der Waals surface area contributed by atoms with Gasteiger partial charge in [-0.1, -0.05) is 0 Å². The number of hydrogen-bond acceptors (Lipinski definition) is 5. The number of piperidine rings is 1. The van der Waals surface area contributed by atoms with Gasteiger partial charge in [0, 0.05) is 19.2 Å². The van der Waals surface area contributed by atoms with E-state index in [9.17, 15) is 9.59 Å². The summed E-state index contributed by atoms with van der Waals surface area (Å²) in [6.07, 6.45) is 3.93. The first-order valence-electron chi connectivity index (χ1n) is 5.05. The second-order valence-corrected chi connectivity index (χ2v) is 3.64. The van der Waals surface area contributed by atoms with Crippen molar-refractivity contribution in [1.82, 2.24) is 15.3 Å². The van der Waals surface area contributed by atoms with Gasteiger partial charge in [0.25, 0.3) is 0 Å². The molecule has 0 bridgehead atoms. The Balaban J connectivity index is 2.17. The number of carbonyl (C=O) groups excluding carboxylic acids is 2. The molecule has 3 N–H and O–H groups in total. The van der Waals surface area contributed by atoms with Gasteiger partial charge in [0.1, 0.15) is 0 Å². The molecule has 1 aromatic rings. The van der Waals surface area contributed by atoms with Crippen LogP contribution >= 0.6 is 0 Å². The minimum atomic E-state index is -0.378. The lowest BCUT2D eigenvalue weighted by Gasteiger charge is -2.19. The molecule has 1 unspecified atom stereocenters. The zero-order valence-electron chi connectivity index (χ0n) is 8.64. The van der Waals surface area contributed by atoms with Crippen LogP contribution in [0.3, 0.4) is 0 Å². The second-order valence-electron chi connectivity index (χ2n) is 3.64. The number of imide groups is 1. The fraction of sp³-hybridized carbons (Fsp3) is 0.400. The molecule has 2 amide bonds. The number of nitrogens with zero attached hydrogens (tertiary/aromatic N) is 2. The minimum absolute atomic E-state index is 0.229.